The molecule has 0 aromatic heterocycles. The highest BCUT2D eigenvalue weighted by molar-refractivity contribution is 6.76. The Morgan fingerprint density at radius 3 is 1.82 bits per heavy atom. The van der Waals surface area contributed by atoms with Gasteiger partial charge in [-0.1, -0.05) is 115 Å². The molecule has 2 rings (SSSR count). The van der Waals surface area contributed by atoms with Gasteiger partial charge in [0.2, 0.25) is 9.90 Å². The number of halogens is 3. The minimum absolute atomic E-state index is 0.0940. The van der Waals surface area contributed by atoms with E-state index < -0.39 is 35.5 Å². The van der Waals surface area contributed by atoms with Gasteiger partial charge in [0.15, 0.2) is 0 Å². The van der Waals surface area contributed by atoms with Gasteiger partial charge in [-0.2, -0.15) is 0 Å². The molecular weight excluding hydrogens is 507 g/mol. The molecular formula is C23H25Cl3O6Si. The van der Waals surface area contributed by atoms with E-state index in [0.29, 0.717) is 6.04 Å². The molecule has 2 aromatic carbocycles. The van der Waals surface area contributed by atoms with Gasteiger partial charge in [-0.15, -0.1) is 0 Å². The summed E-state index contributed by atoms with van der Waals surface area (Å²) in [5.41, 5.74) is -1.48. The normalized spacial score (nSPS) is 13.0. The number of hydrogen-bond acceptors (Lipinski definition) is 6. The van der Waals surface area contributed by atoms with Gasteiger partial charge in [0.1, 0.15) is 0 Å². The van der Waals surface area contributed by atoms with Crippen LogP contribution in [0.5, 0.6) is 0 Å². The van der Waals surface area contributed by atoms with Crippen LogP contribution in [0.1, 0.15) is 11.1 Å². The zero-order valence-electron chi connectivity index (χ0n) is 18.4. The number of ether oxygens (including phenoxy) is 3. The lowest BCUT2D eigenvalue weighted by molar-refractivity contribution is -0.183. The monoisotopic (exact) mass is 530 g/mol. The second-order valence-electron chi connectivity index (χ2n) is 8.43. The Kier molecular flexibility index (Phi) is 9.37. The molecule has 0 aliphatic heterocycles. The third-order valence-electron chi connectivity index (χ3n) is 4.71. The number of carbonyl (C=O) groups excluding carboxylic acids is 3. The van der Waals surface area contributed by atoms with E-state index in [-0.39, 0.29) is 24.2 Å². The summed E-state index contributed by atoms with van der Waals surface area (Å²) in [6.45, 7) is 6.54. The Hall–Kier alpha value is -2.06. The van der Waals surface area contributed by atoms with Crippen molar-refractivity contribution in [1.82, 2.24) is 0 Å². The van der Waals surface area contributed by atoms with Gasteiger partial charge >= 0.3 is 11.9 Å². The molecule has 0 N–H and O–H groups in total. The topological polar surface area (TPSA) is 78.9 Å². The van der Waals surface area contributed by atoms with Gasteiger partial charge in [-0.05, 0) is 6.04 Å². The molecule has 0 amide bonds. The van der Waals surface area contributed by atoms with E-state index in [2.05, 4.69) is 19.6 Å². The molecule has 0 fully saturated rings. The lowest BCUT2D eigenvalue weighted by atomic mass is 9.86. The number of hydrogen-bond donors (Lipinski definition) is 0. The molecule has 0 saturated heterocycles. The van der Waals surface area contributed by atoms with Crippen LogP contribution in [-0.2, 0) is 34.2 Å². The van der Waals surface area contributed by atoms with E-state index in [9.17, 15) is 14.4 Å². The molecule has 0 aliphatic rings. The molecule has 0 spiro atoms. The Balaban J connectivity index is 2.45. The predicted molar refractivity (Wildman–Crippen MR) is 130 cm³/mol. The zero-order valence-corrected chi connectivity index (χ0v) is 21.7. The molecule has 0 aliphatic carbocycles. The average molecular weight is 532 g/mol. The highest BCUT2D eigenvalue weighted by atomic mass is 35.6. The Morgan fingerprint density at radius 1 is 0.939 bits per heavy atom. The fourth-order valence-electron chi connectivity index (χ4n) is 2.98. The van der Waals surface area contributed by atoms with Crippen molar-refractivity contribution in [2.24, 2.45) is 0 Å². The van der Waals surface area contributed by atoms with E-state index >= 15 is 0 Å². The Labute approximate surface area is 209 Å². The van der Waals surface area contributed by atoms with Crippen molar-refractivity contribution in [2.45, 2.75) is 41.2 Å². The van der Waals surface area contributed by atoms with Crippen molar-refractivity contribution >= 4 is 61.3 Å². The third kappa shape index (κ3) is 7.21. The molecule has 0 bridgehead atoms. The van der Waals surface area contributed by atoms with Crippen LogP contribution in [-0.4, -0.2) is 43.0 Å². The van der Waals surface area contributed by atoms with Gasteiger partial charge in [-0.3, -0.25) is 4.79 Å². The summed E-state index contributed by atoms with van der Waals surface area (Å²) in [4.78, 5) is 37.8. The second kappa shape index (κ2) is 11.4. The number of alkyl halides is 3. The molecule has 1 atom stereocenters. The van der Waals surface area contributed by atoms with E-state index in [1.807, 2.05) is 0 Å². The van der Waals surface area contributed by atoms with Crippen molar-refractivity contribution in [1.29, 1.82) is 0 Å². The first kappa shape index (κ1) is 27.2. The predicted octanol–water partition coefficient (Wildman–Crippen LogP) is 5.27. The van der Waals surface area contributed by atoms with Gasteiger partial charge in [0.05, 0.1) is 6.61 Å². The maximum Gasteiger partial charge on any atom is 0.361 e. The Morgan fingerprint density at radius 2 is 1.42 bits per heavy atom. The highest BCUT2D eigenvalue weighted by Gasteiger charge is 2.51. The smallest absolute Gasteiger partial charge is 0.361 e. The van der Waals surface area contributed by atoms with Crippen LogP contribution < -0.4 is 0 Å². The Bertz CT molecular complexity index is 903. The summed E-state index contributed by atoms with van der Waals surface area (Å²) in [6.07, 6.45) is -1.89. The summed E-state index contributed by atoms with van der Waals surface area (Å²) >= 11 is 17.9. The minimum atomic E-state index is -2.33. The van der Waals surface area contributed by atoms with E-state index in [4.69, 9.17) is 49.0 Å². The van der Waals surface area contributed by atoms with Gasteiger partial charge in [0, 0.05) is 19.2 Å². The largest absolute Gasteiger partial charge is 0.463 e. The molecule has 0 heterocycles. The van der Waals surface area contributed by atoms with Crippen LogP contribution in [0.2, 0.25) is 25.7 Å². The summed E-state index contributed by atoms with van der Waals surface area (Å²) in [7, 11) is -1.51. The first-order valence-electron chi connectivity index (χ1n) is 10.1. The van der Waals surface area contributed by atoms with Crippen LogP contribution in [0.3, 0.4) is 0 Å². The van der Waals surface area contributed by atoms with Gasteiger partial charge in [-0.25, -0.2) is 9.59 Å². The number of esters is 2. The second-order valence-corrected chi connectivity index (χ2v) is 16.4. The summed E-state index contributed by atoms with van der Waals surface area (Å²) < 4.78 is 13.7. The molecule has 10 heteroatoms. The van der Waals surface area contributed by atoms with Crippen molar-refractivity contribution in [3.63, 3.8) is 0 Å². The van der Waals surface area contributed by atoms with Crippen molar-refractivity contribution in [3.05, 3.63) is 71.8 Å². The van der Waals surface area contributed by atoms with E-state index in [1.165, 1.54) is 0 Å². The average Bonchev–Trinajstić information content (AvgIpc) is 2.75. The van der Waals surface area contributed by atoms with Gasteiger partial charge < -0.3 is 14.2 Å². The fourth-order valence-corrected chi connectivity index (χ4v) is 4.09. The molecule has 0 radical (unpaired) electrons. The van der Waals surface area contributed by atoms with Crippen molar-refractivity contribution < 1.29 is 28.6 Å². The standard InChI is InChI=1S/C23H25Cl3O6Si/c1-33(2,3)15-14-30-20(28)19(23(24,25)26)32-21(29)22(31-16-27,17-10-6-4-7-11-17)18-12-8-5-9-13-18/h4-13,16,19H,14-15H2,1-3H3. The SMILES string of the molecule is C[Si](C)(C)CCOC(=O)C(OC(=O)C(OC=O)(c1ccccc1)c1ccccc1)C(Cl)(Cl)Cl. The lowest BCUT2D eigenvalue weighted by Crippen LogP contribution is -2.48. The number of carbonyl (C=O) groups is 3. The number of rotatable bonds is 10. The quantitative estimate of drug-likeness (QED) is 0.137. The summed E-state index contributed by atoms with van der Waals surface area (Å²) in [6, 6.07) is 17.1. The van der Waals surface area contributed by atoms with Gasteiger partial charge in [0.25, 0.3) is 12.1 Å². The lowest BCUT2D eigenvalue weighted by Gasteiger charge is -2.33. The maximum atomic E-state index is 13.6. The fraction of sp³-hybridized carbons (Fsp3) is 0.348. The molecule has 1 unspecified atom stereocenters. The van der Waals surface area contributed by atoms with Crippen molar-refractivity contribution in [2.75, 3.05) is 6.61 Å². The molecule has 178 valence electrons. The first-order chi connectivity index (χ1) is 15.4. The first-order valence-corrected chi connectivity index (χ1v) is 14.9. The van der Waals surface area contributed by atoms with Crippen LogP contribution in [0.15, 0.2) is 60.7 Å². The third-order valence-corrected chi connectivity index (χ3v) is 7.00. The molecule has 33 heavy (non-hydrogen) atoms. The molecule has 0 saturated carbocycles. The number of benzene rings is 2. The summed E-state index contributed by atoms with van der Waals surface area (Å²) in [5.74, 6) is -2.13. The maximum absolute atomic E-state index is 13.6. The van der Waals surface area contributed by atoms with Crippen LogP contribution in [0, 0.1) is 0 Å². The highest BCUT2D eigenvalue weighted by Crippen LogP contribution is 2.39. The summed E-state index contributed by atoms with van der Waals surface area (Å²) in [5, 5.41) is 0. The van der Waals surface area contributed by atoms with Crippen LogP contribution in [0.4, 0.5) is 0 Å². The zero-order chi connectivity index (χ0) is 24.7. The van der Waals surface area contributed by atoms with Crippen LogP contribution in [0.25, 0.3) is 0 Å². The van der Waals surface area contributed by atoms with E-state index in [0.717, 1.165) is 0 Å². The van der Waals surface area contributed by atoms with Crippen molar-refractivity contribution in [3.8, 4) is 0 Å². The molecule has 6 nitrogen and oxygen atoms in total. The van der Waals surface area contributed by atoms with E-state index in [1.54, 1.807) is 60.7 Å². The molecule has 2 aromatic rings. The minimum Gasteiger partial charge on any atom is -0.463 e. The van der Waals surface area contributed by atoms with Crippen LogP contribution >= 0.6 is 34.8 Å².